The van der Waals surface area contributed by atoms with Crippen LogP contribution in [0.2, 0.25) is 0 Å². The van der Waals surface area contributed by atoms with E-state index in [1.165, 1.54) is 0 Å². The van der Waals surface area contributed by atoms with Gasteiger partial charge in [0.05, 0.1) is 6.10 Å². The second-order valence-electron chi connectivity index (χ2n) is 3.51. The molecule has 0 amide bonds. The van der Waals surface area contributed by atoms with Gasteiger partial charge >= 0.3 is 0 Å². The van der Waals surface area contributed by atoms with Crippen LogP contribution in [0.15, 0.2) is 0 Å². The van der Waals surface area contributed by atoms with Crippen LogP contribution < -0.4 is 11.1 Å². The average Bonchev–Trinajstić information content (AvgIpc) is 1.95. The van der Waals surface area contributed by atoms with Gasteiger partial charge in [-0.2, -0.15) is 0 Å². The second-order valence-corrected chi connectivity index (χ2v) is 3.51. The van der Waals surface area contributed by atoms with E-state index >= 15 is 0 Å². The Bertz CT molecular complexity index is 82.5. The third kappa shape index (κ3) is 9.88. The molecule has 0 bridgehead atoms. The Balaban J connectivity index is 2.91. The van der Waals surface area contributed by atoms with Gasteiger partial charge in [-0.05, 0) is 46.2 Å². The van der Waals surface area contributed by atoms with E-state index in [9.17, 15) is 0 Å². The third-order valence-electron chi connectivity index (χ3n) is 1.75. The van der Waals surface area contributed by atoms with Gasteiger partial charge in [0.15, 0.2) is 0 Å². The first-order valence-corrected chi connectivity index (χ1v) is 4.77. The average molecular weight is 174 g/mol. The predicted molar refractivity (Wildman–Crippen MR) is 52.1 cm³/mol. The maximum Gasteiger partial charge on any atom is 0.0524 e. The van der Waals surface area contributed by atoms with E-state index in [-0.39, 0.29) is 6.10 Å². The van der Waals surface area contributed by atoms with Crippen molar-refractivity contribution < 1.29 is 5.11 Å². The number of nitrogens with two attached hydrogens (primary N) is 1. The van der Waals surface area contributed by atoms with Gasteiger partial charge in [0.1, 0.15) is 0 Å². The molecule has 0 aliphatic carbocycles. The minimum atomic E-state index is -0.189. The highest BCUT2D eigenvalue weighted by atomic mass is 16.3. The van der Waals surface area contributed by atoms with Crippen molar-refractivity contribution in [2.24, 2.45) is 5.73 Å². The molecule has 0 aliphatic rings. The minimum absolute atomic E-state index is 0.189. The monoisotopic (exact) mass is 174 g/mol. The van der Waals surface area contributed by atoms with Gasteiger partial charge in [-0.25, -0.2) is 0 Å². The van der Waals surface area contributed by atoms with Crippen molar-refractivity contribution >= 4 is 0 Å². The van der Waals surface area contributed by atoms with Crippen molar-refractivity contribution in [3.05, 3.63) is 0 Å². The van der Waals surface area contributed by atoms with E-state index in [1.54, 1.807) is 0 Å². The van der Waals surface area contributed by atoms with Crippen LogP contribution in [0.1, 0.15) is 33.1 Å². The highest BCUT2D eigenvalue weighted by Gasteiger charge is 1.95. The summed E-state index contributed by atoms with van der Waals surface area (Å²) >= 11 is 0. The molecule has 3 heteroatoms. The summed E-state index contributed by atoms with van der Waals surface area (Å²) < 4.78 is 0. The summed E-state index contributed by atoms with van der Waals surface area (Å²) in [7, 11) is 0. The summed E-state index contributed by atoms with van der Waals surface area (Å²) in [4.78, 5) is 0. The van der Waals surface area contributed by atoms with Gasteiger partial charge in [0.25, 0.3) is 0 Å². The molecule has 0 spiro atoms. The maximum absolute atomic E-state index is 8.94. The van der Waals surface area contributed by atoms with Gasteiger partial charge in [0.2, 0.25) is 0 Å². The Morgan fingerprint density at radius 1 is 1.25 bits per heavy atom. The molecule has 12 heavy (non-hydrogen) atoms. The number of hydrogen-bond donors (Lipinski definition) is 3. The molecule has 0 aliphatic heterocycles. The molecule has 0 saturated carbocycles. The van der Waals surface area contributed by atoms with Crippen LogP contribution in [0.25, 0.3) is 0 Å². The number of rotatable bonds is 7. The molecule has 1 unspecified atom stereocenters. The Labute approximate surface area is 75.3 Å². The van der Waals surface area contributed by atoms with Gasteiger partial charge in [-0.15, -0.1) is 0 Å². The number of aliphatic hydroxyl groups excluding tert-OH is 1. The Kier molecular flexibility index (Phi) is 7.45. The normalized spacial score (nSPS) is 16.0. The molecule has 0 heterocycles. The van der Waals surface area contributed by atoms with Gasteiger partial charge in [-0.1, -0.05) is 0 Å². The zero-order valence-electron chi connectivity index (χ0n) is 8.21. The quantitative estimate of drug-likeness (QED) is 0.492. The number of aliphatic hydroxyl groups is 1. The van der Waals surface area contributed by atoms with E-state index in [1.807, 2.05) is 13.8 Å². The molecule has 0 rings (SSSR count). The van der Waals surface area contributed by atoms with Crippen molar-refractivity contribution in [2.45, 2.75) is 45.3 Å². The molecule has 0 aromatic carbocycles. The van der Waals surface area contributed by atoms with E-state index in [2.05, 4.69) is 5.32 Å². The van der Waals surface area contributed by atoms with Crippen molar-refractivity contribution in [1.82, 2.24) is 5.32 Å². The van der Waals surface area contributed by atoms with E-state index < -0.39 is 0 Å². The van der Waals surface area contributed by atoms with Crippen molar-refractivity contribution in [3.63, 3.8) is 0 Å². The minimum Gasteiger partial charge on any atom is -0.393 e. The van der Waals surface area contributed by atoms with Crippen molar-refractivity contribution in [3.8, 4) is 0 Å². The van der Waals surface area contributed by atoms with Crippen LogP contribution in [-0.4, -0.2) is 30.3 Å². The molecular weight excluding hydrogens is 152 g/mol. The molecule has 0 aromatic heterocycles. The summed E-state index contributed by atoms with van der Waals surface area (Å²) in [6.07, 6.45) is 2.84. The lowest BCUT2D eigenvalue weighted by Crippen LogP contribution is -2.22. The summed E-state index contributed by atoms with van der Waals surface area (Å²) in [5, 5.41) is 12.2. The smallest absolute Gasteiger partial charge is 0.0524 e. The third-order valence-corrected chi connectivity index (χ3v) is 1.75. The summed E-state index contributed by atoms with van der Waals surface area (Å²) in [6, 6.07) is 0.309. The van der Waals surface area contributed by atoms with Gasteiger partial charge in [-0.3, -0.25) is 0 Å². The first-order chi connectivity index (χ1) is 5.63. The number of nitrogens with one attached hydrogen (secondary N) is 1. The van der Waals surface area contributed by atoms with Gasteiger partial charge in [0, 0.05) is 6.04 Å². The van der Waals surface area contributed by atoms with Crippen LogP contribution in [0, 0.1) is 0 Å². The Morgan fingerprint density at radius 2 is 1.92 bits per heavy atom. The van der Waals surface area contributed by atoms with Crippen LogP contribution >= 0.6 is 0 Å². The first kappa shape index (κ1) is 11.9. The molecule has 4 N–H and O–H groups in total. The van der Waals surface area contributed by atoms with Gasteiger partial charge < -0.3 is 16.2 Å². The number of hydrogen-bond acceptors (Lipinski definition) is 3. The maximum atomic E-state index is 8.94. The fourth-order valence-electron chi connectivity index (χ4n) is 0.985. The Morgan fingerprint density at radius 3 is 2.42 bits per heavy atom. The van der Waals surface area contributed by atoms with E-state index in [0.717, 1.165) is 32.4 Å². The standard InChI is InChI=1S/C9H22N2O/c1-8(10)4-3-6-11-7-5-9(2)12/h8-9,11-12H,3-7,10H2,1-2H3/t8?,9-/m0/s1. The lowest BCUT2D eigenvalue weighted by atomic mass is 10.2. The van der Waals surface area contributed by atoms with Crippen LogP contribution in [0.3, 0.4) is 0 Å². The summed E-state index contributed by atoms with van der Waals surface area (Å²) in [6.45, 7) is 5.74. The molecule has 0 radical (unpaired) electrons. The predicted octanol–water partition coefficient (Wildman–Crippen LogP) is 0.474. The lowest BCUT2D eigenvalue weighted by Gasteiger charge is -2.07. The molecule has 0 saturated heterocycles. The fraction of sp³-hybridized carbons (Fsp3) is 1.00. The van der Waals surface area contributed by atoms with Crippen LogP contribution in [0.5, 0.6) is 0 Å². The van der Waals surface area contributed by atoms with Crippen molar-refractivity contribution in [2.75, 3.05) is 13.1 Å². The molecule has 0 fully saturated rings. The Hall–Kier alpha value is -0.120. The van der Waals surface area contributed by atoms with Crippen molar-refractivity contribution in [1.29, 1.82) is 0 Å². The zero-order chi connectivity index (χ0) is 9.40. The summed E-state index contributed by atoms with van der Waals surface area (Å²) in [5.41, 5.74) is 5.59. The molecular formula is C9H22N2O. The zero-order valence-corrected chi connectivity index (χ0v) is 8.21. The molecule has 3 nitrogen and oxygen atoms in total. The topological polar surface area (TPSA) is 58.3 Å². The van der Waals surface area contributed by atoms with E-state index in [4.69, 9.17) is 10.8 Å². The highest BCUT2D eigenvalue weighted by Crippen LogP contribution is 1.91. The van der Waals surface area contributed by atoms with E-state index in [0.29, 0.717) is 6.04 Å². The SMILES string of the molecule is CC(N)CCCNCC[C@H](C)O. The van der Waals surface area contributed by atoms with Crippen LogP contribution in [-0.2, 0) is 0 Å². The molecule has 74 valence electrons. The lowest BCUT2D eigenvalue weighted by molar-refractivity contribution is 0.184. The molecule has 2 atom stereocenters. The summed E-state index contributed by atoms with van der Waals surface area (Å²) in [5.74, 6) is 0. The highest BCUT2D eigenvalue weighted by molar-refractivity contribution is 4.56. The second kappa shape index (κ2) is 7.53. The fourth-order valence-corrected chi connectivity index (χ4v) is 0.985. The first-order valence-electron chi connectivity index (χ1n) is 4.77. The largest absolute Gasteiger partial charge is 0.393 e. The van der Waals surface area contributed by atoms with Crippen LogP contribution in [0.4, 0.5) is 0 Å². The molecule has 0 aromatic rings.